The molecule has 0 bridgehead atoms. The lowest BCUT2D eigenvalue weighted by atomic mass is 10.1. The zero-order valence-electron chi connectivity index (χ0n) is 11.7. The second-order valence-electron chi connectivity index (χ2n) is 5.64. The van der Waals surface area contributed by atoms with Gasteiger partial charge in [-0.25, -0.2) is 0 Å². The number of aliphatic hydroxyl groups excluding tert-OH is 1. The summed E-state index contributed by atoms with van der Waals surface area (Å²) in [5.41, 5.74) is -0.432. The van der Waals surface area contributed by atoms with Crippen molar-refractivity contribution >= 4 is 5.97 Å². The number of esters is 1. The van der Waals surface area contributed by atoms with Gasteiger partial charge in [0.2, 0.25) is 0 Å². The van der Waals surface area contributed by atoms with Gasteiger partial charge in [-0.2, -0.15) is 0 Å². The molecule has 0 heterocycles. The van der Waals surface area contributed by atoms with Gasteiger partial charge in [-0.05, 0) is 53.0 Å². The standard InChI is InChI=1S/C13H27NO3/c1-10(9-15)7-6-8-14-11(2)12(16)17-13(3,4)5/h10-11,14-15H,6-9H2,1-5H3. The Morgan fingerprint density at radius 1 is 1.35 bits per heavy atom. The molecule has 0 aliphatic rings. The Hall–Kier alpha value is -0.610. The monoisotopic (exact) mass is 245 g/mol. The van der Waals surface area contributed by atoms with Crippen LogP contribution in [0.1, 0.15) is 47.5 Å². The molecular formula is C13H27NO3. The summed E-state index contributed by atoms with van der Waals surface area (Å²) in [7, 11) is 0. The normalized spacial score (nSPS) is 15.4. The van der Waals surface area contributed by atoms with E-state index in [4.69, 9.17) is 9.84 Å². The third-order valence-corrected chi connectivity index (χ3v) is 2.40. The number of ether oxygens (including phenoxy) is 1. The molecule has 0 aromatic carbocycles. The molecule has 0 spiro atoms. The molecular weight excluding hydrogens is 218 g/mol. The van der Waals surface area contributed by atoms with Crippen molar-refractivity contribution in [1.82, 2.24) is 5.32 Å². The number of carbonyl (C=O) groups excluding carboxylic acids is 1. The van der Waals surface area contributed by atoms with Crippen LogP contribution in [0.3, 0.4) is 0 Å². The third-order valence-electron chi connectivity index (χ3n) is 2.40. The second-order valence-corrected chi connectivity index (χ2v) is 5.64. The molecule has 2 N–H and O–H groups in total. The van der Waals surface area contributed by atoms with E-state index in [1.807, 2.05) is 34.6 Å². The molecule has 4 nitrogen and oxygen atoms in total. The predicted octanol–water partition coefficient (Wildman–Crippen LogP) is 1.71. The fourth-order valence-electron chi connectivity index (χ4n) is 1.33. The summed E-state index contributed by atoms with van der Waals surface area (Å²) in [6.45, 7) is 10.4. The highest BCUT2D eigenvalue weighted by Crippen LogP contribution is 2.08. The van der Waals surface area contributed by atoms with Gasteiger partial charge in [0.25, 0.3) is 0 Å². The molecule has 0 radical (unpaired) electrons. The number of hydrogen-bond donors (Lipinski definition) is 2. The van der Waals surface area contributed by atoms with Crippen LogP contribution in [-0.4, -0.2) is 35.9 Å². The molecule has 0 rings (SSSR count). The zero-order valence-corrected chi connectivity index (χ0v) is 11.7. The Labute approximate surface area is 105 Å². The summed E-state index contributed by atoms with van der Waals surface area (Å²) in [5, 5.41) is 12.0. The van der Waals surface area contributed by atoms with Crippen LogP contribution in [0.25, 0.3) is 0 Å². The minimum absolute atomic E-state index is 0.215. The van der Waals surface area contributed by atoms with Crippen LogP contribution < -0.4 is 5.32 Å². The summed E-state index contributed by atoms with van der Waals surface area (Å²) in [6, 6.07) is -0.279. The van der Waals surface area contributed by atoms with Crippen molar-refractivity contribution in [2.45, 2.75) is 59.1 Å². The first-order valence-electron chi connectivity index (χ1n) is 6.33. The quantitative estimate of drug-likeness (QED) is 0.529. The fourth-order valence-corrected chi connectivity index (χ4v) is 1.33. The molecule has 102 valence electrons. The number of carbonyl (C=O) groups is 1. The van der Waals surface area contributed by atoms with Crippen molar-refractivity contribution in [3.63, 3.8) is 0 Å². The van der Waals surface area contributed by atoms with E-state index < -0.39 is 5.60 Å². The average Bonchev–Trinajstić information content (AvgIpc) is 2.21. The first-order chi connectivity index (χ1) is 7.76. The van der Waals surface area contributed by atoms with Gasteiger partial charge in [0.1, 0.15) is 11.6 Å². The number of aliphatic hydroxyl groups is 1. The van der Waals surface area contributed by atoms with Crippen molar-refractivity contribution in [3.8, 4) is 0 Å². The SMILES string of the molecule is CC(CO)CCCNC(C)C(=O)OC(C)(C)C. The number of hydrogen-bond acceptors (Lipinski definition) is 4. The van der Waals surface area contributed by atoms with E-state index >= 15 is 0 Å². The highest BCUT2D eigenvalue weighted by Gasteiger charge is 2.20. The van der Waals surface area contributed by atoms with Gasteiger partial charge in [-0.3, -0.25) is 4.79 Å². The molecule has 0 amide bonds. The van der Waals surface area contributed by atoms with Gasteiger partial charge < -0.3 is 15.2 Å². The molecule has 2 atom stereocenters. The van der Waals surface area contributed by atoms with Crippen LogP contribution in [0.15, 0.2) is 0 Å². The maximum absolute atomic E-state index is 11.6. The van der Waals surface area contributed by atoms with E-state index in [-0.39, 0.29) is 18.6 Å². The molecule has 17 heavy (non-hydrogen) atoms. The van der Waals surface area contributed by atoms with Gasteiger partial charge in [-0.1, -0.05) is 6.92 Å². The first-order valence-corrected chi connectivity index (χ1v) is 6.33. The summed E-state index contributed by atoms with van der Waals surface area (Å²) in [5.74, 6) is 0.112. The number of rotatable bonds is 7. The van der Waals surface area contributed by atoms with Crippen LogP contribution in [0, 0.1) is 5.92 Å². The lowest BCUT2D eigenvalue weighted by molar-refractivity contribution is -0.156. The summed E-state index contributed by atoms with van der Waals surface area (Å²) in [6.07, 6.45) is 1.92. The summed E-state index contributed by atoms with van der Waals surface area (Å²) in [4.78, 5) is 11.6. The number of nitrogens with one attached hydrogen (secondary N) is 1. The molecule has 0 aliphatic carbocycles. The summed E-state index contributed by atoms with van der Waals surface area (Å²) >= 11 is 0. The second kappa shape index (κ2) is 7.67. The Morgan fingerprint density at radius 3 is 2.41 bits per heavy atom. The van der Waals surface area contributed by atoms with Crippen molar-refractivity contribution in [3.05, 3.63) is 0 Å². The van der Waals surface area contributed by atoms with E-state index in [0.29, 0.717) is 5.92 Å². The van der Waals surface area contributed by atoms with Crippen LogP contribution in [-0.2, 0) is 9.53 Å². The van der Waals surface area contributed by atoms with E-state index in [9.17, 15) is 4.79 Å². The maximum Gasteiger partial charge on any atom is 0.323 e. The summed E-state index contributed by atoms with van der Waals surface area (Å²) < 4.78 is 5.26. The van der Waals surface area contributed by atoms with Gasteiger partial charge in [0.05, 0.1) is 0 Å². The minimum atomic E-state index is -0.432. The minimum Gasteiger partial charge on any atom is -0.459 e. The molecule has 0 aromatic rings. The molecule has 0 aliphatic heterocycles. The predicted molar refractivity (Wildman–Crippen MR) is 68.8 cm³/mol. The largest absolute Gasteiger partial charge is 0.459 e. The maximum atomic E-state index is 11.6. The topological polar surface area (TPSA) is 58.6 Å². The van der Waals surface area contributed by atoms with Crippen molar-refractivity contribution < 1.29 is 14.6 Å². The highest BCUT2D eigenvalue weighted by atomic mass is 16.6. The molecule has 4 heteroatoms. The lowest BCUT2D eigenvalue weighted by Gasteiger charge is -2.22. The van der Waals surface area contributed by atoms with Crippen LogP contribution in [0.5, 0.6) is 0 Å². The molecule has 0 saturated carbocycles. The zero-order chi connectivity index (χ0) is 13.5. The van der Waals surface area contributed by atoms with E-state index in [1.54, 1.807) is 0 Å². The Balaban J connectivity index is 3.72. The molecule has 0 saturated heterocycles. The van der Waals surface area contributed by atoms with Crippen molar-refractivity contribution in [2.24, 2.45) is 5.92 Å². The van der Waals surface area contributed by atoms with Gasteiger partial charge in [0, 0.05) is 6.61 Å². The van der Waals surface area contributed by atoms with Crippen LogP contribution in [0.4, 0.5) is 0 Å². The molecule has 0 fully saturated rings. The van der Waals surface area contributed by atoms with Crippen molar-refractivity contribution in [2.75, 3.05) is 13.2 Å². The molecule has 0 aromatic heterocycles. The fraction of sp³-hybridized carbons (Fsp3) is 0.923. The highest BCUT2D eigenvalue weighted by molar-refractivity contribution is 5.75. The van der Waals surface area contributed by atoms with Gasteiger partial charge >= 0.3 is 5.97 Å². The van der Waals surface area contributed by atoms with Crippen LogP contribution in [0.2, 0.25) is 0 Å². The van der Waals surface area contributed by atoms with E-state index in [1.165, 1.54) is 0 Å². The third kappa shape index (κ3) is 9.12. The Kier molecular flexibility index (Phi) is 7.39. The lowest BCUT2D eigenvalue weighted by Crippen LogP contribution is -2.39. The smallest absolute Gasteiger partial charge is 0.323 e. The van der Waals surface area contributed by atoms with E-state index in [2.05, 4.69) is 5.32 Å². The van der Waals surface area contributed by atoms with Crippen molar-refractivity contribution in [1.29, 1.82) is 0 Å². The Bertz CT molecular complexity index is 223. The average molecular weight is 245 g/mol. The Morgan fingerprint density at radius 2 is 1.94 bits per heavy atom. The molecule has 2 unspecified atom stereocenters. The van der Waals surface area contributed by atoms with E-state index in [0.717, 1.165) is 19.4 Å². The van der Waals surface area contributed by atoms with Crippen LogP contribution >= 0.6 is 0 Å². The van der Waals surface area contributed by atoms with Gasteiger partial charge in [-0.15, -0.1) is 0 Å². The van der Waals surface area contributed by atoms with Gasteiger partial charge in [0.15, 0.2) is 0 Å². The first kappa shape index (κ1) is 16.4.